The Labute approximate surface area is 184 Å². The van der Waals surface area contributed by atoms with Crippen molar-refractivity contribution in [3.8, 4) is 0 Å². The van der Waals surface area contributed by atoms with Crippen LogP contribution in [0.5, 0.6) is 0 Å². The fraction of sp³-hybridized carbons (Fsp3) is 0.381. The molecule has 1 aromatic carbocycles. The number of benzene rings is 1. The number of carbonyl (C=O) groups excluding carboxylic acids is 1. The van der Waals surface area contributed by atoms with E-state index in [0.29, 0.717) is 68.6 Å². The van der Waals surface area contributed by atoms with E-state index < -0.39 is 0 Å². The lowest BCUT2D eigenvalue weighted by Crippen LogP contribution is -2.49. The van der Waals surface area contributed by atoms with Crippen molar-refractivity contribution in [1.29, 1.82) is 0 Å². The van der Waals surface area contributed by atoms with E-state index in [0.717, 1.165) is 10.9 Å². The van der Waals surface area contributed by atoms with Crippen molar-refractivity contribution < 1.29 is 9.53 Å². The quantitative estimate of drug-likeness (QED) is 0.555. The molecule has 31 heavy (non-hydrogen) atoms. The minimum Gasteiger partial charge on any atom is -0.381 e. The zero-order valence-corrected chi connectivity index (χ0v) is 17.7. The molecule has 1 aliphatic rings. The first-order valence-electron chi connectivity index (χ1n) is 10.1. The molecule has 0 unspecified atom stereocenters. The van der Waals surface area contributed by atoms with Crippen molar-refractivity contribution in [1.82, 2.24) is 25.1 Å². The predicted octanol–water partition coefficient (Wildman–Crippen LogP) is 1.66. The number of carbonyl (C=O) groups is 1. The molecule has 1 fully saturated rings. The van der Waals surface area contributed by atoms with E-state index in [4.69, 9.17) is 16.3 Å². The lowest BCUT2D eigenvalue weighted by atomic mass is 10.1. The normalized spacial score (nSPS) is 14.2. The average molecular weight is 443 g/mol. The summed E-state index contributed by atoms with van der Waals surface area (Å²) in [6.07, 6.45) is 5.80. The molecule has 0 atom stereocenters. The van der Waals surface area contributed by atoms with E-state index in [2.05, 4.69) is 20.2 Å². The second kappa shape index (κ2) is 9.84. The molecular formula is C21H23ClN6O3. The number of aromatic nitrogens is 4. The van der Waals surface area contributed by atoms with Crippen molar-refractivity contribution in [3.63, 3.8) is 0 Å². The first-order chi connectivity index (χ1) is 15.1. The summed E-state index contributed by atoms with van der Waals surface area (Å²) in [5, 5.41) is 8.26. The van der Waals surface area contributed by atoms with Crippen LogP contribution in [0.1, 0.15) is 12.0 Å². The van der Waals surface area contributed by atoms with E-state index >= 15 is 0 Å². The minimum atomic E-state index is -0.200. The van der Waals surface area contributed by atoms with Crippen LogP contribution < -0.4 is 10.5 Å². The van der Waals surface area contributed by atoms with Gasteiger partial charge in [-0.2, -0.15) is 5.10 Å². The monoisotopic (exact) mass is 442 g/mol. The van der Waals surface area contributed by atoms with Gasteiger partial charge in [-0.3, -0.25) is 9.59 Å². The summed E-state index contributed by atoms with van der Waals surface area (Å²) < 4.78 is 5.68. The number of fused-ring (bicyclic) bond motifs is 1. The zero-order valence-electron chi connectivity index (χ0n) is 17.0. The highest BCUT2D eigenvalue weighted by Gasteiger charge is 2.22. The van der Waals surface area contributed by atoms with E-state index in [9.17, 15) is 9.59 Å². The third kappa shape index (κ3) is 5.18. The Morgan fingerprint density at radius 1 is 1.06 bits per heavy atom. The van der Waals surface area contributed by atoms with Crippen LogP contribution in [-0.2, 0) is 16.0 Å². The number of ether oxygens (including phenoxy) is 1. The lowest BCUT2D eigenvalue weighted by Gasteiger charge is -2.34. The van der Waals surface area contributed by atoms with Crippen molar-refractivity contribution >= 4 is 34.2 Å². The molecule has 9 nitrogen and oxygen atoms in total. The number of amides is 1. The van der Waals surface area contributed by atoms with Gasteiger partial charge >= 0.3 is 0 Å². The van der Waals surface area contributed by atoms with Crippen molar-refractivity contribution in [3.05, 3.63) is 57.7 Å². The highest BCUT2D eigenvalue weighted by molar-refractivity contribution is 6.30. The van der Waals surface area contributed by atoms with Crippen molar-refractivity contribution in [2.24, 2.45) is 0 Å². The van der Waals surface area contributed by atoms with Crippen LogP contribution in [0, 0.1) is 0 Å². The van der Waals surface area contributed by atoms with Gasteiger partial charge in [0.2, 0.25) is 11.9 Å². The Morgan fingerprint density at radius 3 is 2.61 bits per heavy atom. The third-order valence-electron chi connectivity index (χ3n) is 5.30. The molecule has 0 radical (unpaired) electrons. The molecule has 4 rings (SSSR count). The van der Waals surface area contributed by atoms with Gasteiger partial charge in [-0.1, -0.05) is 23.7 Å². The SMILES string of the molecule is O=C(CCOCCc1cccc2c(=O)[nH]ncc12)N1CCN(c2ncc(Cl)cn2)CC1. The highest BCUT2D eigenvalue weighted by Crippen LogP contribution is 2.15. The maximum atomic E-state index is 12.5. The van der Waals surface area contributed by atoms with E-state index in [1.54, 1.807) is 24.7 Å². The number of aromatic amines is 1. The number of rotatable bonds is 7. The first kappa shape index (κ1) is 21.2. The molecule has 0 saturated carbocycles. The molecule has 1 aliphatic heterocycles. The summed E-state index contributed by atoms with van der Waals surface area (Å²) in [6, 6.07) is 5.59. The van der Waals surface area contributed by atoms with E-state index in [-0.39, 0.29) is 11.5 Å². The number of hydrogen-bond donors (Lipinski definition) is 1. The summed E-state index contributed by atoms with van der Waals surface area (Å²) >= 11 is 5.83. The molecule has 0 aliphatic carbocycles. The van der Waals surface area contributed by atoms with Gasteiger partial charge in [0.05, 0.1) is 48.6 Å². The Balaban J connectivity index is 1.19. The van der Waals surface area contributed by atoms with Gasteiger partial charge in [0.1, 0.15) is 0 Å². The topological polar surface area (TPSA) is 104 Å². The van der Waals surface area contributed by atoms with Crippen LogP contribution >= 0.6 is 11.6 Å². The summed E-state index contributed by atoms with van der Waals surface area (Å²) in [5.74, 6) is 0.711. The molecule has 0 spiro atoms. The second-order valence-electron chi connectivity index (χ2n) is 7.26. The van der Waals surface area contributed by atoms with Crippen LogP contribution in [0.25, 0.3) is 10.8 Å². The molecule has 3 aromatic rings. The molecule has 1 N–H and O–H groups in total. The molecule has 1 amide bonds. The number of nitrogens with zero attached hydrogens (tertiary/aromatic N) is 5. The van der Waals surface area contributed by atoms with Gasteiger partial charge in [0.15, 0.2) is 0 Å². The number of anilines is 1. The largest absolute Gasteiger partial charge is 0.381 e. The lowest BCUT2D eigenvalue weighted by molar-refractivity contribution is -0.132. The Hall–Kier alpha value is -3.04. The minimum absolute atomic E-state index is 0.0811. The molecule has 1 saturated heterocycles. The summed E-state index contributed by atoms with van der Waals surface area (Å²) in [5.41, 5.74) is 0.802. The van der Waals surface area contributed by atoms with Crippen LogP contribution in [0.15, 0.2) is 41.6 Å². The van der Waals surface area contributed by atoms with Crippen LogP contribution in [0.2, 0.25) is 5.02 Å². The maximum absolute atomic E-state index is 12.5. The van der Waals surface area contributed by atoms with Gasteiger partial charge in [0, 0.05) is 31.6 Å². The number of piperazine rings is 1. The molecule has 0 bridgehead atoms. The zero-order chi connectivity index (χ0) is 21.6. The molecule has 2 aromatic heterocycles. The van der Waals surface area contributed by atoms with Gasteiger partial charge in [-0.15, -0.1) is 0 Å². The molecule has 10 heteroatoms. The highest BCUT2D eigenvalue weighted by atomic mass is 35.5. The number of nitrogens with one attached hydrogen (secondary N) is 1. The van der Waals surface area contributed by atoms with Crippen LogP contribution in [-0.4, -0.2) is 70.4 Å². The van der Waals surface area contributed by atoms with Crippen molar-refractivity contribution in [2.45, 2.75) is 12.8 Å². The molecule has 3 heterocycles. The fourth-order valence-electron chi connectivity index (χ4n) is 3.62. The summed E-state index contributed by atoms with van der Waals surface area (Å²) in [7, 11) is 0. The second-order valence-corrected chi connectivity index (χ2v) is 7.70. The molecule has 162 valence electrons. The summed E-state index contributed by atoms with van der Waals surface area (Å²) in [6.45, 7) is 3.46. The number of H-pyrrole nitrogens is 1. The number of halogens is 1. The van der Waals surface area contributed by atoms with E-state index in [1.807, 2.05) is 21.9 Å². The molecular weight excluding hydrogens is 420 g/mol. The van der Waals surface area contributed by atoms with Crippen LogP contribution in [0.3, 0.4) is 0 Å². The standard InChI is InChI=1S/C21H23ClN6O3/c22-16-12-23-21(24-13-16)28-8-6-27(7-9-28)19(29)5-11-31-10-4-15-2-1-3-17-18(15)14-25-26-20(17)30/h1-3,12-14H,4-11H2,(H,26,30). The maximum Gasteiger partial charge on any atom is 0.272 e. The average Bonchev–Trinajstić information content (AvgIpc) is 2.80. The van der Waals surface area contributed by atoms with Gasteiger partial charge in [-0.05, 0) is 18.1 Å². The first-order valence-corrected chi connectivity index (χ1v) is 10.5. The fourth-order valence-corrected chi connectivity index (χ4v) is 3.72. The van der Waals surface area contributed by atoms with E-state index in [1.165, 1.54) is 0 Å². The summed E-state index contributed by atoms with van der Waals surface area (Å²) in [4.78, 5) is 36.6. The smallest absolute Gasteiger partial charge is 0.272 e. The van der Waals surface area contributed by atoms with Gasteiger partial charge < -0.3 is 14.5 Å². The Morgan fingerprint density at radius 2 is 1.84 bits per heavy atom. The van der Waals surface area contributed by atoms with Crippen molar-refractivity contribution in [2.75, 3.05) is 44.3 Å². The Kier molecular flexibility index (Phi) is 6.73. The van der Waals surface area contributed by atoms with Gasteiger partial charge in [-0.25, -0.2) is 15.1 Å². The number of hydrogen-bond acceptors (Lipinski definition) is 7. The Bertz CT molecular complexity index is 1100. The van der Waals surface area contributed by atoms with Gasteiger partial charge in [0.25, 0.3) is 5.56 Å². The van der Waals surface area contributed by atoms with Crippen LogP contribution in [0.4, 0.5) is 5.95 Å². The third-order valence-corrected chi connectivity index (χ3v) is 5.49. The predicted molar refractivity (Wildman–Crippen MR) is 117 cm³/mol.